The van der Waals surface area contributed by atoms with Crippen molar-refractivity contribution in [3.8, 4) is 0 Å². The fraction of sp³-hybridized carbons (Fsp3) is 0.167. The van der Waals surface area contributed by atoms with Crippen LogP contribution in [0.1, 0.15) is 17.0 Å². The van der Waals surface area contributed by atoms with Gasteiger partial charge >= 0.3 is 0 Å². The molecule has 0 unspecified atom stereocenters. The van der Waals surface area contributed by atoms with Crippen molar-refractivity contribution in [2.24, 2.45) is 10.9 Å². The fourth-order valence-electron chi connectivity index (χ4n) is 1.90. The number of aromatic nitrogens is 1. The van der Waals surface area contributed by atoms with E-state index in [1.54, 1.807) is 12.1 Å². The molecule has 0 saturated carbocycles. The van der Waals surface area contributed by atoms with Crippen LogP contribution in [-0.2, 0) is 10.0 Å². The summed E-state index contributed by atoms with van der Waals surface area (Å²) < 4.78 is 32.1. The normalized spacial score (nSPS) is 12.4. The molecule has 2 rings (SSSR count). The van der Waals surface area contributed by atoms with Crippen molar-refractivity contribution >= 4 is 21.5 Å². The molecule has 8 nitrogen and oxygen atoms in total. The zero-order valence-electron chi connectivity index (χ0n) is 11.4. The maximum atomic E-state index is 12.4. The molecule has 0 saturated heterocycles. The average molecular weight is 310 g/mol. The zero-order valence-corrected chi connectivity index (χ0v) is 12.2. The monoisotopic (exact) mass is 310 g/mol. The van der Waals surface area contributed by atoms with Crippen LogP contribution in [-0.4, -0.2) is 24.6 Å². The molecule has 4 N–H and O–H groups in total. The van der Waals surface area contributed by atoms with E-state index in [1.165, 1.54) is 26.0 Å². The maximum Gasteiger partial charge on any atom is 0.267 e. The Morgan fingerprint density at radius 2 is 2.05 bits per heavy atom. The smallest absolute Gasteiger partial charge is 0.267 e. The number of amidine groups is 1. The predicted octanol–water partition coefficient (Wildman–Crippen LogP) is 1.19. The van der Waals surface area contributed by atoms with Gasteiger partial charge in [-0.15, -0.1) is 0 Å². The molecular weight excluding hydrogens is 296 g/mol. The molecule has 0 atom stereocenters. The van der Waals surface area contributed by atoms with Crippen LogP contribution >= 0.6 is 0 Å². The molecule has 0 amide bonds. The molecular formula is C12H14N4O4S. The van der Waals surface area contributed by atoms with Gasteiger partial charge < -0.3 is 15.5 Å². The van der Waals surface area contributed by atoms with Crippen molar-refractivity contribution in [3.05, 3.63) is 41.3 Å². The van der Waals surface area contributed by atoms with Gasteiger partial charge in [-0.05, 0) is 26.0 Å². The molecule has 9 heteroatoms. The molecule has 1 aromatic heterocycles. The third kappa shape index (κ3) is 2.82. The fourth-order valence-corrected chi connectivity index (χ4v) is 3.31. The van der Waals surface area contributed by atoms with Crippen LogP contribution in [0.3, 0.4) is 0 Å². The second kappa shape index (κ2) is 5.44. The van der Waals surface area contributed by atoms with E-state index < -0.39 is 10.0 Å². The SMILES string of the molecule is Cc1noc(C)c1S(=O)(=O)Nc1ccccc1/C(N)=N/O. The third-order valence-electron chi connectivity index (χ3n) is 2.79. The molecule has 0 fully saturated rings. The van der Waals surface area contributed by atoms with E-state index in [9.17, 15) is 8.42 Å². The van der Waals surface area contributed by atoms with E-state index in [1.807, 2.05) is 0 Å². The quantitative estimate of drug-likeness (QED) is 0.336. The molecule has 0 radical (unpaired) electrons. The summed E-state index contributed by atoms with van der Waals surface area (Å²) in [7, 11) is -3.89. The number of benzene rings is 1. The second-order valence-corrected chi connectivity index (χ2v) is 5.91. The Bertz CT molecular complexity index is 776. The first kappa shape index (κ1) is 14.9. The Kier molecular flexibility index (Phi) is 3.85. The van der Waals surface area contributed by atoms with Gasteiger partial charge in [0.05, 0.1) is 5.69 Å². The lowest BCUT2D eigenvalue weighted by Gasteiger charge is -2.11. The molecule has 0 aliphatic rings. The van der Waals surface area contributed by atoms with Gasteiger partial charge in [0.25, 0.3) is 10.0 Å². The molecule has 112 valence electrons. The van der Waals surface area contributed by atoms with Gasteiger partial charge in [-0.1, -0.05) is 22.4 Å². The number of nitrogens with zero attached hydrogens (tertiary/aromatic N) is 2. The molecule has 0 spiro atoms. The van der Waals surface area contributed by atoms with Crippen LogP contribution in [0.15, 0.2) is 38.8 Å². The van der Waals surface area contributed by atoms with Gasteiger partial charge in [0.1, 0.15) is 5.69 Å². The van der Waals surface area contributed by atoms with E-state index in [0.29, 0.717) is 0 Å². The van der Waals surface area contributed by atoms with Crippen molar-refractivity contribution < 1.29 is 18.1 Å². The molecule has 2 aromatic rings. The Balaban J connectivity index is 2.48. The van der Waals surface area contributed by atoms with Crippen molar-refractivity contribution in [2.75, 3.05) is 4.72 Å². The van der Waals surface area contributed by atoms with E-state index in [2.05, 4.69) is 15.0 Å². The molecule has 0 bridgehead atoms. The van der Waals surface area contributed by atoms with Crippen LogP contribution in [0.5, 0.6) is 0 Å². The Hall–Kier alpha value is -2.55. The van der Waals surface area contributed by atoms with E-state index in [4.69, 9.17) is 15.5 Å². The number of rotatable bonds is 4. The van der Waals surface area contributed by atoms with Gasteiger partial charge in [-0.3, -0.25) is 4.72 Å². The first-order valence-electron chi connectivity index (χ1n) is 5.89. The van der Waals surface area contributed by atoms with Gasteiger partial charge in [0, 0.05) is 5.56 Å². The third-order valence-corrected chi connectivity index (χ3v) is 4.40. The molecule has 0 aliphatic heterocycles. The summed E-state index contributed by atoms with van der Waals surface area (Å²) in [5.74, 6) is -0.0201. The number of sulfonamides is 1. The summed E-state index contributed by atoms with van der Waals surface area (Å²) in [6.07, 6.45) is 0. The molecule has 1 aromatic carbocycles. The number of anilines is 1. The number of para-hydroxylation sites is 1. The number of aryl methyl sites for hydroxylation is 2. The van der Waals surface area contributed by atoms with Crippen molar-refractivity contribution in [1.82, 2.24) is 5.16 Å². The summed E-state index contributed by atoms with van der Waals surface area (Å²) in [5, 5.41) is 15.2. The highest BCUT2D eigenvalue weighted by atomic mass is 32.2. The van der Waals surface area contributed by atoms with Gasteiger partial charge in [-0.25, -0.2) is 8.42 Å². The maximum absolute atomic E-state index is 12.4. The first-order valence-corrected chi connectivity index (χ1v) is 7.37. The number of hydrogen-bond donors (Lipinski definition) is 3. The zero-order chi connectivity index (χ0) is 15.6. The standard InChI is InChI=1S/C12H14N4O4S/c1-7-11(8(2)20-15-7)21(18,19)16-10-6-4-3-5-9(10)12(13)14-17/h3-6,16-17H,1-2H3,(H2,13,14). The topological polar surface area (TPSA) is 131 Å². The molecule has 0 aliphatic carbocycles. The van der Waals surface area contributed by atoms with E-state index in [0.717, 1.165) is 0 Å². The highest BCUT2D eigenvalue weighted by Gasteiger charge is 2.25. The number of oxime groups is 1. The van der Waals surface area contributed by atoms with Gasteiger partial charge in [-0.2, -0.15) is 0 Å². The summed E-state index contributed by atoms with van der Waals surface area (Å²) in [6.45, 7) is 3.03. The van der Waals surface area contributed by atoms with Gasteiger partial charge in [0.2, 0.25) is 0 Å². The lowest BCUT2D eigenvalue weighted by molar-refractivity contribution is 0.318. The number of nitrogens with one attached hydrogen (secondary N) is 1. The second-order valence-electron chi connectivity index (χ2n) is 4.29. The van der Waals surface area contributed by atoms with Crippen LogP contribution in [0.4, 0.5) is 5.69 Å². The Labute approximate surface area is 121 Å². The largest absolute Gasteiger partial charge is 0.409 e. The van der Waals surface area contributed by atoms with Crippen LogP contribution in [0.25, 0.3) is 0 Å². The summed E-state index contributed by atoms with van der Waals surface area (Å²) in [6, 6.07) is 6.30. The Morgan fingerprint density at radius 1 is 1.38 bits per heavy atom. The predicted molar refractivity (Wildman–Crippen MR) is 75.7 cm³/mol. The van der Waals surface area contributed by atoms with E-state index in [-0.39, 0.29) is 33.4 Å². The molecule has 21 heavy (non-hydrogen) atoms. The first-order chi connectivity index (χ1) is 9.86. The number of nitrogens with two attached hydrogens (primary N) is 1. The van der Waals surface area contributed by atoms with Crippen molar-refractivity contribution in [1.29, 1.82) is 0 Å². The highest BCUT2D eigenvalue weighted by Crippen LogP contribution is 2.24. The summed E-state index contributed by atoms with van der Waals surface area (Å²) in [5.41, 5.74) is 6.23. The van der Waals surface area contributed by atoms with Crippen LogP contribution in [0.2, 0.25) is 0 Å². The minimum Gasteiger partial charge on any atom is -0.409 e. The molecule has 1 heterocycles. The van der Waals surface area contributed by atoms with Crippen molar-refractivity contribution in [3.63, 3.8) is 0 Å². The lowest BCUT2D eigenvalue weighted by atomic mass is 10.2. The van der Waals surface area contributed by atoms with Crippen LogP contribution in [0, 0.1) is 13.8 Å². The average Bonchev–Trinajstić information content (AvgIpc) is 2.78. The summed E-state index contributed by atoms with van der Waals surface area (Å²) >= 11 is 0. The highest BCUT2D eigenvalue weighted by molar-refractivity contribution is 7.92. The lowest BCUT2D eigenvalue weighted by Crippen LogP contribution is -2.20. The van der Waals surface area contributed by atoms with Crippen LogP contribution < -0.4 is 10.5 Å². The number of hydrogen-bond acceptors (Lipinski definition) is 6. The van der Waals surface area contributed by atoms with Crippen molar-refractivity contribution in [2.45, 2.75) is 18.7 Å². The van der Waals surface area contributed by atoms with Gasteiger partial charge in [0.15, 0.2) is 16.5 Å². The minimum atomic E-state index is -3.89. The summed E-state index contributed by atoms with van der Waals surface area (Å²) in [4.78, 5) is -0.0307. The minimum absolute atomic E-state index is 0.0307. The Morgan fingerprint density at radius 3 is 2.62 bits per heavy atom. The van der Waals surface area contributed by atoms with E-state index >= 15 is 0 Å².